The van der Waals surface area contributed by atoms with Crippen LogP contribution in [0.2, 0.25) is 0 Å². The van der Waals surface area contributed by atoms with Gasteiger partial charge >= 0.3 is 5.69 Å². The Bertz CT molecular complexity index is 1180. The third-order valence-electron chi connectivity index (χ3n) is 4.08. The van der Waals surface area contributed by atoms with Gasteiger partial charge in [-0.2, -0.15) is 14.2 Å². The van der Waals surface area contributed by atoms with E-state index in [1.807, 2.05) is 0 Å². The SMILES string of the molecule is COc1cc(=O)n(-c2ccccc2C)nc1C(=O)Nc1ccc(F)c([N+](=O)[O-])c1. The summed E-state index contributed by atoms with van der Waals surface area (Å²) in [5.74, 6) is -1.89. The zero-order chi connectivity index (χ0) is 21.1. The van der Waals surface area contributed by atoms with E-state index in [0.717, 1.165) is 28.4 Å². The number of nitro groups is 1. The molecule has 0 atom stereocenters. The number of nitrogens with zero attached hydrogens (tertiary/aromatic N) is 3. The number of benzene rings is 2. The fourth-order valence-electron chi connectivity index (χ4n) is 2.65. The van der Waals surface area contributed by atoms with Crippen molar-refractivity contribution in [3.63, 3.8) is 0 Å². The van der Waals surface area contributed by atoms with E-state index in [1.165, 1.54) is 13.2 Å². The quantitative estimate of drug-likeness (QED) is 0.522. The fourth-order valence-corrected chi connectivity index (χ4v) is 2.65. The molecule has 29 heavy (non-hydrogen) atoms. The Balaban J connectivity index is 2.04. The molecule has 1 heterocycles. The van der Waals surface area contributed by atoms with Gasteiger partial charge in [-0.15, -0.1) is 0 Å². The van der Waals surface area contributed by atoms with Crippen molar-refractivity contribution in [1.82, 2.24) is 9.78 Å². The molecule has 10 heteroatoms. The molecule has 0 aliphatic rings. The second-order valence-corrected chi connectivity index (χ2v) is 5.98. The normalized spacial score (nSPS) is 10.4. The molecule has 0 aliphatic carbocycles. The van der Waals surface area contributed by atoms with E-state index in [9.17, 15) is 24.1 Å². The van der Waals surface area contributed by atoms with Gasteiger partial charge in [0, 0.05) is 11.8 Å². The van der Waals surface area contributed by atoms with Crippen LogP contribution < -0.4 is 15.6 Å². The maximum Gasteiger partial charge on any atom is 0.306 e. The molecule has 0 unspecified atom stereocenters. The summed E-state index contributed by atoms with van der Waals surface area (Å²) in [4.78, 5) is 35.1. The molecule has 1 aromatic heterocycles. The molecule has 0 bridgehead atoms. The summed E-state index contributed by atoms with van der Waals surface area (Å²) in [7, 11) is 1.27. The Kier molecular flexibility index (Phi) is 5.35. The summed E-state index contributed by atoms with van der Waals surface area (Å²) in [5, 5.41) is 17.4. The number of ether oxygens (including phenoxy) is 1. The van der Waals surface area contributed by atoms with Crippen LogP contribution in [0.15, 0.2) is 53.3 Å². The lowest BCUT2D eigenvalue weighted by Crippen LogP contribution is -2.26. The number of anilines is 1. The van der Waals surface area contributed by atoms with Crippen molar-refractivity contribution < 1.29 is 18.8 Å². The molecule has 3 aromatic rings. The number of rotatable bonds is 5. The monoisotopic (exact) mass is 398 g/mol. The molecule has 0 spiro atoms. The molecule has 0 fully saturated rings. The number of aromatic nitrogens is 2. The van der Waals surface area contributed by atoms with Gasteiger partial charge < -0.3 is 10.1 Å². The number of aryl methyl sites for hydroxylation is 1. The lowest BCUT2D eigenvalue weighted by atomic mass is 10.2. The average molecular weight is 398 g/mol. The largest absolute Gasteiger partial charge is 0.494 e. The molecule has 2 aromatic carbocycles. The van der Waals surface area contributed by atoms with E-state index < -0.39 is 27.9 Å². The van der Waals surface area contributed by atoms with Gasteiger partial charge in [-0.1, -0.05) is 18.2 Å². The Labute approximate surface area is 163 Å². The standard InChI is InChI=1S/C19H15FN4O5/c1-11-5-3-4-6-14(11)23-17(25)10-16(29-2)18(22-23)19(26)21-12-7-8-13(20)15(9-12)24(27)28/h3-10H,1-2H3,(H,21,26). The number of halogens is 1. The van der Waals surface area contributed by atoms with Crippen LogP contribution in [-0.4, -0.2) is 27.7 Å². The van der Waals surface area contributed by atoms with Crippen molar-refractivity contribution in [2.24, 2.45) is 0 Å². The van der Waals surface area contributed by atoms with Gasteiger partial charge in [-0.3, -0.25) is 19.7 Å². The first-order valence-corrected chi connectivity index (χ1v) is 8.31. The molecular formula is C19H15FN4O5. The molecule has 0 saturated heterocycles. The van der Waals surface area contributed by atoms with E-state index in [1.54, 1.807) is 31.2 Å². The molecule has 3 rings (SSSR count). The topological polar surface area (TPSA) is 116 Å². The van der Waals surface area contributed by atoms with Crippen molar-refractivity contribution in [2.45, 2.75) is 6.92 Å². The van der Waals surface area contributed by atoms with E-state index in [0.29, 0.717) is 5.69 Å². The average Bonchev–Trinajstić information content (AvgIpc) is 2.69. The maximum absolute atomic E-state index is 13.5. The first kappa shape index (κ1) is 19.7. The van der Waals surface area contributed by atoms with Crippen LogP contribution in [0, 0.1) is 22.9 Å². The van der Waals surface area contributed by atoms with Crippen molar-refractivity contribution >= 4 is 17.3 Å². The summed E-state index contributed by atoms with van der Waals surface area (Å²) in [6, 6.07) is 11.0. The van der Waals surface area contributed by atoms with Gasteiger partial charge in [0.25, 0.3) is 11.5 Å². The third kappa shape index (κ3) is 3.95. The number of hydrogen-bond acceptors (Lipinski definition) is 6. The zero-order valence-electron chi connectivity index (χ0n) is 15.4. The van der Waals surface area contributed by atoms with Gasteiger partial charge in [0.2, 0.25) is 5.82 Å². The van der Waals surface area contributed by atoms with Crippen molar-refractivity contribution in [2.75, 3.05) is 12.4 Å². The number of carbonyl (C=O) groups is 1. The molecule has 1 N–H and O–H groups in total. The molecule has 9 nitrogen and oxygen atoms in total. The third-order valence-corrected chi connectivity index (χ3v) is 4.08. The number of amides is 1. The first-order valence-electron chi connectivity index (χ1n) is 8.31. The number of nitrogens with one attached hydrogen (secondary N) is 1. The molecule has 148 valence electrons. The Morgan fingerprint density at radius 3 is 2.62 bits per heavy atom. The Morgan fingerprint density at radius 2 is 1.97 bits per heavy atom. The highest BCUT2D eigenvalue weighted by atomic mass is 19.1. The Hall–Kier alpha value is -4.08. The second kappa shape index (κ2) is 7.89. The van der Waals surface area contributed by atoms with Gasteiger partial charge in [-0.25, -0.2) is 0 Å². The second-order valence-electron chi connectivity index (χ2n) is 5.98. The minimum atomic E-state index is -1.03. The van der Waals surface area contributed by atoms with Gasteiger partial charge in [0.15, 0.2) is 11.4 Å². The molecule has 0 saturated carbocycles. The van der Waals surface area contributed by atoms with Crippen LogP contribution in [0.25, 0.3) is 5.69 Å². The number of carbonyl (C=O) groups excluding carboxylic acids is 1. The minimum Gasteiger partial charge on any atom is -0.494 e. The van der Waals surface area contributed by atoms with E-state index in [4.69, 9.17) is 4.74 Å². The lowest BCUT2D eigenvalue weighted by Gasteiger charge is -2.12. The van der Waals surface area contributed by atoms with E-state index in [2.05, 4.69) is 10.4 Å². The van der Waals surface area contributed by atoms with Crippen molar-refractivity contribution in [1.29, 1.82) is 0 Å². The summed E-state index contributed by atoms with van der Waals surface area (Å²) in [6.07, 6.45) is 0. The van der Waals surface area contributed by atoms with E-state index in [-0.39, 0.29) is 17.1 Å². The van der Waals surface area contributed by atoms with Gasteiger partial charge in [0.1, 0.15) is 0 Å². The first-order chi connectivity index (χ1) is 13.8. The summed E-state index contributed by atoms with van der Waals surface area (Å²) >= 11 is 0. The molecule has 1 amide bonds. The van der Waals surface area contributed by atoms with Crippen molar-refractivity contribution in [3.05, 3.63) is 86.1 Å². The molecule has 0 aliphatic heterocycles. The van der Waals surface area contributed by atoms with Crippen LogP contribution >= 0.6 is 0 Å². The molecule has 0 radical (unpaired) electrons. The van der Waals surface area contributed by atoms with Crippen LogP contribution in [0.5, 0.6) is 5.75 Å². The van der Waals surface area contributed by atoms with Crippen molar-refractivity contribution in [3.8, 4) is 11.4 Å². The van der Waals surface area contributed by atoms with Crippen LogP contribution in [0.1, 0.15) is 16.1 Å². The summed E-state index contributed by atoms with van der Waals surface area (Å²) in [6.45, 7) is 1.78. The highest BCUT2D eigenvalue weighted by Crippen LogP contribution is 2.23. The van der Waals surface area contributed by atoms with Crippen LogP contribution in [0.3, 0.4) is 0 Å². The van der Waals surface area contributed by atoms with Crippen LogP contribution in [-0.2, 0) is 0 Å². The highest BCUT2D eigenvalue weighted by Gasteiger charge is 2.21. The number of methoxy groups -OCH3 is 1. The number of nitro benzene ring substituents is 1. The number of hydrogen-bond donors (Lipinski definition) is 1. The predicted octanol–water partition coefficient (Wildman–Crippen LogP) is 2.85. The maximum atomic E-state index is 13.5. The minimum absolute atomic E-state index is 0.0133. The zero-order valence-corrected chi connectivity index (χ0v) is 15.4. The Morgan fingerprint density at radius 1 is 1.24 bits per heavy atom. The van der Waals surface area contributed by atoms with Gasteiger partial charge in [0.05, 0.1) is 23.8 Å². The van der Waals surface area contributed by atoms with E-state index >= 15 is 0 Å². The number of para-hydroxylation sites is 1. The summed E-state index contributed by atoms with van der Waals surface area (Å²) in [5.41, 5.74) is -0.292. The molecular weight excluding hydrogens is 383 g/mol. The predicted molar refractivity (Wildman–Crippen MR) is 102 cm³/mol. The van der Waals surface area contributed by atoms with Gasteiger partial charge in [-0.05, 0) is 30.7 Å². The summed E-state index contributed by atoms with van der Waals surface area (Å²) < 4.78 is 19.6. The lowest BCUT2D eigenvalue weighted by molar-refractivity contribution is -0.387. The van der Waals surface area contributed by atoms with Crippen LogP contribution in [0.4, 0.5) is 15.8 Å². The highest BCUT2D eigenvalue weighted by molar-refractivity contribution is 6.04. The fraction of sp³-hybridized carbons (Fsp3) is 0.105. The smallest absolute Gasteiger partial charge is 0.306 e.